The first-order valence-electron chi connectivity index (χ1n) is 11.7. The van der Waals surface area contributed by atoms with Crippen molar-refractivity contribution in [3.63, 3.8) is 0 Å². The first kappa shape index (κ1) is 23.8. The predicted octanol–water partition coefficient (Wildman–Crippen LogP) is 7.29. The summed E-state index contributed by atoms with van der Waals surface area (Å²) in [6.45, 7) is 9.82. The lowest BCUT2D eigenvalue weighted by Gasteiger charge is -2.16. The molecule has 0 N–H and O–H groups in total. The Morgan fingerprint density at radius 2 is 2.09 bits per heavy atom. The van der Waals surface area contributed by atoms with Gasteiger partial charge in [-0.1, -0.05) is 31.4 Å². The molecule has 0 amide bonds. The average Bonchev–Trinajstić information content (AvgIpc) is 3.60. The Bertz CT molecular complexity index is 986. The monoisotopic (exact) mass is 432 g/mol. The fraction of sp³-hybridized carbons (Fsp3) is 0.448. The Labute approximate surface area is 193 Å². The maximum atomic E-state index is 13.2. The summed E-state index contributed by atoms with van der Waals surface area (Å²) in [6.07, 6.45) is 13.9. The molecule has 2 aliphatic rings. The maximum absolute atomic E-state index is 13.2. The van der Waals surface area contributed by atoms with E-state index in [1.54, 1.807) is 6.08 Å². The highest BCUT2D eigenvalue weighted by atomic mass is 16.5. The van der Waals surface area contributed by atoms with Crippen molar-refractivity contribution in [2.24, 2.45) is 11.3 Å². The zero-order valence-corrected chi connectivity index (χ0v) is 19.3. The van der Waals surface area contributed by atoms with E-state index >= 15 is 0 Å². The minimum atomic E-state index is -0.0567. The molecule has 0 heterocycles. The first-order chi connectivity index (χ1) is 15.5. The van der Waals surface area contributed by atoms with E-state index in [0.29, 0.717) is 30.8 Å². The van der Waals surface area contributed by atoms with Crippen LogP contribution in [0.4, 0.5) is 0 Å². The summed E-state index contributed by atoms with van der Waals surface area (Å²) in [5.41, 5.74) is 8.17. The fourth-order valence-electron chi connectivity index (χ4n) is 4.38. The lowest BCUT2D eigenvalue weighted by molar-refractivity contribution is -0.118. The van der Waals surface area contributed by atoms with E-state index in [1.807, 2.05) is 31.2 Å². The van der Waals surface area contributed by atoms with Gasteiger partial charge in [0.05, 0.1) is 6.61 Å². The van der Waals surface area contributed by atoms with Crippen LogP contribution in [0.3, 0.4) is 0 Å². The van der Waals surface area contributed by atoms with Crippen molar-refractivity contribution in [3.8, 4) is 5.75 Å². The smallest absolute Gasteiger partial charge is 0.163 e. The molecule has 170 valence electrons. The molecule has 32 heavy (non-hydrogen) atoms. The van der Waals surface area contributed by atoms with E-state index in [0.717, 1.165) is 43.2 Å². The summed E-state index contributed by atoms with van der Waals surface area (Å²) in [6, 6.07) is 5.60. The number of allylic oxidation sites excluding steroid dienone is 4. The normalized spacial score (nSPS) is 18.4. The molecule has 3 rings (SSSR count). The van der Waals surface area contributed by atoms with Crippen LogP contribution in [-0.4, -0.2) is 18.2 Å². The molecule has 0 saturated heterocycles. The Balaban J connectivity index is 0.00000385. The van der Waals surface area contributed by atoms with Gasteiger partial charge in [-0.05, 0) is 81.9 Å². The number of carbonyl (C=O) groups is 2. The average molecular weight is 433 g/mol. The summed E-state index contributed by atoms with van der Waals surface area (Å²) < 4.78 is 6.04. The van der Waals surface area contributed by atoms with E-state index in [4.69, 9.17) is 4.74 Å². The molecule has 2 aliphatic carbocycles. The molecule has 0 bridgehead atoms. The molecule has 1 atom stereocenters. The van der Waals surface area contributed by atoms with Crippen molar-refractivity contribution >= 4 is 17.1 Å². The molecule has 1 spiro atoms. The third kappa shape index (κ3) is 6.10. The number of hydrogen-bond donors (Lipinski definition) is 0. The van der Waals surface area contributed by atoms with E-state index in [1.165, 1.54) is 12.8 Å². The molecule has 3 heteroatoms. The van der Waals surface area contributed by atoms with Gasteiger partial charge in [0.1, 0.15) is 5.75 Å². The Hall–Kier alpha value is -2.86. The van der Waals surface area contributed by atoms with Crippen molar-refractivity contribution in [2.75, 3.05) is 6.61 Å². The Kier molecular flexibility index (Phi) is 8.28. The zero-order valence-electron chi connectivity index (χ0n) is 19.3. The molecule has 1 aromatic carbocycles. The number of benzene rings is 1. The van der Waals surface area contributed by atoms with Crippen LogP contribution in [-0.2, 0) is 4.79 Å². The van der Waals surface area contributed by atoms with Gasteiger partial charge < -0.3 is 4.74 Å². The second-order valence-electron chi connectivity index (χ2n) is 9.03. The quantitative estimate of drug-likeness (QED) is 0.209. The first-order valence-corrected chi connectivity index (χ1v) is 11.7. The minimum absolute atomic E-state index is 0. The number of ketones is 2. The largest absolute Gasteiger partial charge is 0.493 e. The van der Waals surface area contributed by atoms with Gasteiger partial charge in [-0.3, -0.25) is 9.59 Å². The number of carbonyl (C=O) groups excluding carboxylic acids is 2. The van der Waals surface area contributed by atoms with E-state index < -0.39 is 0 Å². The summed E-state index contributed by atoms with van der Waals surface area (Å²) in [7, 11) is 0. The van der Waals surface area contributed by atoms with Crippen LogP contribution in [0, 0.1) is 11.3 Å². The molecule has 1 aromatic rings. The molecule has 1 saturated carbocycles. The molecule has 1 fully saturated rings. The van der Waals surface area contributed by atoms with Crippen molar-refractivity contribution in [3.05, 3.63) is 72.2 Å². The Morgan fingerprint density at radius 1 is 1.28 bits per heavy atom. The topological polar surface area (TPSA) is 43.4 Å². The van der Waals surface area contributed by atoms with Crippen LogP contribution in [0.15, 0.2) is 61.0 Å². The molecule has 1 unspecified atom stereocenters. The van der Waals surface area contributed by atoms with E-state index in [9.17, 15) is 9.59 Å². The van der Waals surface area contributed by atoms with Gasteiger partial charge in [-0.2, -0.15) is 0 Å². The second-order valence-corrected chi connectivity index (χ2v) is 9.03. The summed E-state index contributed by atoms with van der Waals surface area (Å²) >= 11 is 0. The number of rotatable bonds is 11. The number of ether oxygens (including phenoxy) is 1. The van der Waals surface area contributed by atoms with Crippen molar-refractivity contribution in [2.45, 2.75) is 64.7 Å². The molecule has 3 nitrogen and oxygen atoms in total. The third-order valence-corrected chi connectivity index (χ3v) is 6.72. The van der Waals surface area contributed by atoms with Gasteiger partial charge in [-0.15, -0.1) is 11.5 Å². The molecular weight excluding hydrogens is 396 g/mol. The molecular formula is C29H36O3. The molecule has 0 radical (unpaired) electrons. The maximum Gasteiger partial charge on any atom is 0.163 e. The van der Waals surface area contributed by atoms with Gasteiger partial charge >= 0.3 is 0 Å². The van der Waals surface area contributed by atoms with E-state index in [2.05, 4.69) is 30.7 Å². The number of hydrogen-bond acceptors (Lipinski definition) is 3. The molecule has 0 aromatic heterocycles. The predicted molar refractivity (Wildman–Crippen MR) is 132 cm³/mol. The van der Waals surface area contributed by atoms with Crippen LogP contribution in [0.25, 0.3) is 5.57 Å². The van der Waals surface area contributed by atoms with Crippen molar-refractivity contribution < 1.29 is 15.8 Å². The van der Waals surface area contributed by atoms with Gasteiger partial charge in [0.2, 0.25) is 0 Å². The van der Waals surface area contributed by atoms with Crippen LogP contribution < -0.4 is 4.74 Å². The Morgan fingerprint density at radius 3 is 2.81 bits per heavy atom. The van der Waals surface area contributed by atoms with Gasteiger partial charge in [0, 0.05) is 30.5 Å². The van der Waals surface area contributed by atoms with Crippen LogP contribution in [0.5, 0.6) is 5.75 Å². The second kappa shape index (κ2) is 11.1. The highest BCUT2D eigenvalue weighted by Gasteiger charge is 2.42. The number of Topliss-reactive ketones (excluding diaryl/α,β-unsaturated/α-hetero) is 1. The lowest BCUT2D eigenvalue weighted by atomic mass is 9.88. The summed E-state index contributed by atoms with van der Waals surface area (Å²) in [5, 5.41) is 0. The highest BCUT2D eigenvalue weighted by molar-refractivity contribution is 6.02. The van der Waals surface area contributed by atoms with Crippen LogP contribution in [0.2, 0.25) is 0 Å². The zero-order chi connectivity index (χ0) is 23.0. The molecule has 0 aliphatic heterocycles. The number of unbranched alkanes of at least 4 members (excludes halogenated alkanes) is 2. The lowest BCUT2D eigenvalue weighted by Crippen LogP contribution is -2.14. The van der Waals surface area contributed by atoms with Crippen molar-refractivity contribution in [1.82, 2.24) is 0 Å². The van der Waals surface area contributed by atoms with E-state index in [-0.39, 0.29) is 24.3 Å². The standard InChI is InChI=1S/C29H34O3.H2/c1-4-6-7-8-9-21-32-27-12-10-11-24(28(27)22(3)5-2)26(31)14-13-23-15-17-29(19-20-29)18-16-25(23)30;/h6,10-12,16,18,23H,1-2,7-9,13-15,17,19-21H2,3H3;1H. The van der Waals surface area contributed by atoms with Gasteiger partial charge in [-0.25, -0.2) is 0 Å². The van der Waals surface area contributed by atoms with Gasteiger partial charge in [0.25, 0.3) is 0 Å². The SMILES string of the molecule is C=C=CCCCCOc1cccc(C(=O)CCC2CCC3(C=CC2=O)CC3)c1C(C)=C=C.[HH]. The van der Waals surface area contributed by atoms with Crippen LogP contribution in [0.1, 0.15) is 82.1 Å². The highest BCUT2D eigenvalue weighted by Crippen LogP contribution is 2.52. The summed E-state index contributed by atoms with van der Waals surface area (Å²) in [4.78, 5) is 25.7. The van der Waals surface area contributed by atoms with Gasteiger partial charge in [0.15, 0.2) is 11.6 Å². The van der Waals surface area contributed by atoms with Crippen molar-refractivity contribution in [1.29, 1.82) is 0 Å². The third-order valence-electron chi connectivity index (χ3n) is 6.72. The fourth-order valence-corrected chi connectivity index (χ4v) is 4.38. The van der Waals surface area contributed by atoms with Crippen LogP contribution >= 0.6 is 0 Å². The summed E-state index contributed by atoms with van der Waals surface area (Å²) in [5.74, 6) is 0.845. The minimum Gasteiger partial charge on any atom is -0.493 e.